The zero-order chi connectivity index (χ0) is 21.0. The van der Waals surface area contributed by atoms with Gasteiger partial charge in [0.1, 0.15) is 0 Å². The van der Waals surface area contributed by atoms with Crippen molar-refractivity contribution >= 4 is 10.1 Å². The standard InChI is InChI=1S/C22H29NO5S/c1-16-5-8-19(9-6-16)29(24,25)28-20-12-14-23(17(20)2)13-11-18-7-10-21(26-3)22(15-18)27-4/h5-10,15,17,20H,11-14H2,1-4H3. The number of hydrogen-bond acceptors (Lipinski definition) is 6. The number of ether oxygens (including phenoxy) is 2. The average Bonchev–Trinajstić information content (AvgIpc) is 3.05. The van der Waals surface area contributed by atoms with Gasteiger partial charge in [-0.05, 0) is 56.5 Å². The van der Waals surface area contributed by atoms with Crippen LogP contribution in [0.2, 0.25) is 0 Å². The van der Waals surface area contributed by atoms with Gasteiger partial charge >= 0.3 is 0 Å². The van der Waals surface area contributed by atoms with Gasteiger partial charge in [-0.2, -0.15) is 8.42 Å². The molecule has 2 aromatic rings. The van der Waals surface area contributed by atoms with Crippen LogP contribution in [-0.4, -0.2) is 52.8 Å². The van der Waals surface area contributed by atoms with Crippen LogP contribution >= 0.6 is 0 Å². The van der Waals surface area contributed by atoms with Crippen molar-refractivity contribution in [2.24, 2.45) is 0 Å². The van der Waals surface area contributed by atoms with Crippen LogP contribution in [0.4, 0.5) is 0 Å². The minimum absolute atomic E-state index is 0.0235. The minimum atomic E-state index is -3.76. The van der Waals surface area contributed by atoms with Gasteiger partial charge in [0.2, 0.25) is 0 Å². The maximum atomic E-state index is 12.6. The molecule has 3 rings (SSSR count). The van der Waals surface area contributed by atoms with Gasteiger partial charge in [0.05, 0.1) is 25.2 Å². The Hall–Kier alpha value is -2.09. The van der Waals surface area contributed by atoms with Crippen LogP contribution in [0.1, 0.15) is 24.5 Å². The van der Waals surface area contributed by atoms with Crippen molar-refractivity contribution in [1.29, 1.82) is 0 Å². The highest BCUT2D eigenvalue weighted by atomic mass is 32.2. The fourth-order valence-electron chi connectivity index (χ4n) is 3.65. The van der Waals surface area contributed by atoms with E-state index in [-0.39, 0.29) is 17.0 Å². The number of aryl methyl sites for hydroxylation is 1. The molecule has 0 radical (unpaired) electrons. The van der Waals surface area contributed by atoms with Gasteiger partial charge in [-0.25, -0.2) is 0 Å². The molecular formula is C22H29NO5S. The average molecular weight is 420 g/mol. The van der Waals surface area contributed by atoms with Crippen molar-refractivity contribution in [3.8, 4) is 11.5 Å². The van der Waals surface area contributed by atoms with Gasteiger partial charge in [-0.3, -0.25) is 9.08 Å². The summed E-state index contributed by atoms with van der Waals surface area (Å²) in [6, 6.07) is 12.7. The Morgan fingerprint density at radius 2 is 1.72 bits per heavy atom. The van der Waals surface area contributed by atoms with E-state index in [0.29, 0.717) is 17.9 Å². The van der Waals surface area contributed by atoms with Crippen molar-refractivity contribution in [3.63, 3.8) is 0 Å². The van der Waals surface area contributed by atoms with Gasteiger partial charge in [-0.1, -0.05) is 23.8 Å². The van der Waals surface area contributed by atoms with E-state index in [2.05, 4.69) is 4.90 Å². The summed E-state index contributed by atoms with van der Waals surface area (Å²) in [5, 5.41) is 0. The van der Waals surface area contributed by atoms with E-state index in [1.807, 2.05) is 32.0 Å². The van der Waals surface area contributed by atoms with Gasteiger partial charge in [-0.15, -0.1) is 0 Å². The summed E-state index contributed by atoms with van der Waals surface area (Å²) >= 11 is 0. The number of rotatable bonds is 8. The van der Waals surface area contributed by atoms with Crippen molar-refractivity contribution in [1.82, 2.24) is 4.90 Å². The molecule has 2 atom stereocenters. The zero-order valence-corrected chi connectivity index (χ0v) is 18.2. The normalized spacial score (nSPS) is 20.0. The highest BCUT2D eigenvalue weighted by Gasteiger charge is 2.35. The summed E-state index contributed by atoms with van der Waals surface area (Å²) in [5.41, 5.74) is 2.16. The Labute approximate surface area is 173 Å². The van der Waals surface area contributed by atoms with E-state index in [0.717, 1.165) is 30.6 Å². The summed E-state index contributed by atoms with van der Waals surface area (Å²) < 4.78 is 41.4. The SMILES string of the molecule is COc1ccc(CCN2CCC(OS(=O)(=O)c3ccc(C)cc3)C2C)cc1OC. The quantitative estimate of drug-likeness (QED) is 0.611. The highest BCUT2D eigenvalue weighted by molar-refractivity contribution is 7.86. The van der Waals surface area contributed by atoms with Crippen LogP contribution in [0, 0.1) is 6.92 Å². The predicted octanol–water partition coefficient (Wildman–Crippen LogP) is 3.42. The number of nitrogens with zero attached hydrogens (tertiary/aromatic N) is 1. The van der Waals surface area contributed by atoms with Crippen molar-refractivity contribution in [2.45, 2.75) is 43.7 Å². The van der Waals surface area contributed by atoms with E-state index in [1.165, 1.54) is 0 Å². The zero-order valence-electron chi connectivity index (χ0n) is 17.4. The lowest BCUT2D eigenvalue weighted by Gasteiger charge is -2.24. The van der Waals surface area contributed by atoms with Crippen LogP contribution in [0.5, 0.6) is 11.5 Å². The molecule has 1 aliphatic rings. The van der Waals surface area contributed by atoms with Gasteiger partial charge in [0.15, 0.2) is 11.5 Å². The summed E-state index contributed by atoms with van der Waals surface area (Å²) in [7, 11) is -0.513. The molecule has 2 unspecified atom stereocenters. The minimum Gasteiger partial charge on any atom is -0.493 e. The van der Waals surface area contributed by atoms with Crippen LogP contribution < -0.4 is 9.47 Å². The third-order valence-corrected chi connectivity index (χ3v) is 6.86. The highest BCUT2D eigenvalue weighted by Crippen LogP contribution is 2.29. The molecule has 0 spiro atoms. The second kappa shape index (κ2) is 9.15. The number of benzene rings is 2. The molecule has 0 N–H and O–H groups in total. The van der Waals surface area contributed by atoms with E-state index in [9.17, 15) is 8.42 Å². The lowest BCUT2D eigenvalue weighted by molar-refractivity contribution is 0.153. The summed E-state index contributed by atoms with van der Waals surface area (Å²) in [5.74, 6) is 1.42. The Balaban J connectivity index is 1.60. The molecule has 2 aromatic carbocycles. The Kier molecular flexibility index (Phi) is 6.82. The van der Waals surface area contributed by atoms with Crippen LogP contribution in [-0.2, 0) is 20.7 Å². The molecule has 0 amide bonds. The Bertz CT molecular complexity index is 927. The first-order valence-corrected chi connectivity index (χ1v) is 11.2. The maximum absolute atomic E-state index is 12.6. The molecule has 0 aliphatic carbocycles. The number of hydrogen-bond donors (Lipinski definition) is 0. The fourth-order valence-corrected chi connectivity index (χ4v) is 4.81. The topological polar surface area (TPSA) is 65.1 Å². The largest absolute Gasteiger partial charge is 0.493 e. The fraction of sp³-hybridized carbons (Fsp3) is 0.455. The molecule has 1 heterocycles. The van der Waals surface area contributed by atoms with Crippen LogP contribution in [0.15, 0.2) is 47.4 Å². The first kappa shape index (κ1) is 21.6. The second-order valence-electron chi connectivity index (χ2n) is 7.41. The van der Waals surface area contributed by atoms with E-state index in [4.69, 9.17) is 13.7 Å². The molecule has 1 fully saturated rings. The van der Waals surface area contributed by atoms with Gasteiger partial charge in [0, 0.05) is 19.1 Å². The van der Waals surface area contributed by atoms with E-state index >= 15 is 0 Å². The summed E-state index contributed by atoms with van der Waals surface area (Å²) in [6.07, 6.45) is 1.19. The molecule has 0 aromatic heterocycles. The van der Waals surface area contributed by atoms with Gasteiger partial charge in [0.25, 0.3) is 10.1 Å². The lowest BCUT2D eigenvalue weighted by atomic mass is 10.1. The number of methoxy groups -OCH3 is 2. The summed E-state index contributed by atoms with van der Waals surface area (Å²) in [4.78, 5) is 2.48. The first-order chi connectivity index (χ1) is 13.8. The maximum Gasteiger partial charge on any atom is 0.297 e. The molecule has 1 saturated heterocycles. The molecule has 1 aliphatic heterocycles. The smallest absolute Gasteiger partial charge is 0.297 e. The molecule has 7 heteroatoms. The van der Waals surface area contributed by atoms with E-state index < -0.39 is 10.1 Å². The summed E-state index contributed by atoms with van der Waals surface area (Å²) in [6.45, 7) is 5.58. The van der Waals surface area contributed by atoms with Crippen LogP contribution in [0.3, 0.4) is 0 Å². The van der Waals surface area contributed by atoms with Crippen molar-refractivity contribution in [2.75, 3.05) is 27.3 Å². The third kappa shape index (κ3) is 5.10. The molecule has 0 bridgehead atoms. The molecule has 6 nitrogen and oxygen atoms in total. The Morgan fingerprint density at radius 1 is 1.03 bits per heavy atom. The molecular weight excluding hydrogens is 390 g/mol. The van der Waals surface area contributed by atoms with Crippen molar-refractivity contribution in [3.05, 3.63) is 53.6 Å². The molecule has 0 saturated carbocycles. The van der Waals surface area contributed by atoms with Crippen LogP contribution in [0.25, 0.3) is 0 Å². The number of likely N-dealkylation sites (tertiary alicyclic amines) is 1. The Morgan fingerprint density at radius 3 is 2.38 bits per heavy atom. The molecule has 158 valence electrons. The second-order valence-corrected chi connectivity index (χ2v) is 8.98. The molecule has 29 heavy (non-hydrogen) atoms. The van der Waals surface area contributed by atoms with Crippen molar-refractivity contribution < 1.29 is 22.1 Å². The third-order valence-electron chi connectivity index (χ3n) is 5.51. The lowest BCUT2D eigenvalue weighted by Crippen LogP contribution is -2.36. The monoisotopic (exact) mass is 419 g/mol. The first-order valence-electron chi connectivity index (χ1n) is 9.79. The predicted molar refractivity (Wildman–Crippen MR) is 112 cm³/mol. The van der Waals surface area contributed by atoms with E-state index in [1.54, 1.807) is 38.5 Å². The van der Waals surface area contributed by atoms with Gasteiger partial charge < -0.3 is 9.47 Å².